The highest BCUT2D eigenvalue weighted by molar-refractivity contribution is 9.09. The zero-order valence-corrected chi connectivity index (χ0v) is 11.6. The Kier molecular flexibility index (Phi) is 8.25. The van der Waals surface area contributed by atoms with E-state index in [1.54, 1.807) is 13.8 Å². The second-order valence-electron chi connectivity index (χ2n) is 3.55. The third kappa shape index (κ3) is 5.49. The standard InChI is InChI=1S/C11H19BrO4/c1-4-15-10(13)9(6-8(3)7-12)11(14)16-5-2/h8-9H,4-7H2,1-3H3. The van der Waals surface area contributed by atoms with Gasteiger partial charge in [0.25, 0.3) is 0 Å². The summed E-state index contributed by atoms with van der Waals surface area (Å²) >= 11 is 3.32. The maximum Gasteiger partial charge on any atom is 0.320 e. The van der Waals surface area contributed by atoms with E-state index in [4.69, 9.17) is 9.47 Å². The normalized spacial score (nSPS) is 12.3. The highest BCUT2D eigenvalue weighted by Crippen LogP contribution is 2.17. The van der Waals surface area contributed by atoms with E-state index in [2.05, 4.69) is 15.9 Å². The molecule has 0 N–H and O–H groups in total. The molecule has 0 fully saturated rings. The monoisotopic (exact) mass is 294 g/mol. The van der Waals surface area contributed by atoms with Gasteiger partial charge in [0.1, 0.15) is 0 Å². The summed E-state index contributed by atoms with van der Waals surface area (Å²) in [6.45, 7) is 5.94. The summed E-state index contributed by atoms with van der Waals surface area (Å²) in [5.41, 5.74) is 0. The van der Waals surface area contributed by atoms with Crippen molar-refractivity contribution < 1.29 is 19.1 Å². The molecule has 0 amide bonds. The summed E-state index contributed by atoms with van der Waals surface area (Å²) in [5, 5.41) is 0.738. The molecular formula is C11H19BrO4. The Bertz CT molecular complexity index is 212. The maximum absolute atomic E-state index is 11.6. The highest BCUT2D eigenvalue weighted by atomic mass is 79.9. The van der Waals surface area contributed by atoms with Crippen LogP contribution >= 0.6 is 15.9 Å². The van der Waals surface area contributed by atoms with Gasteiger partial charge in [-0.25, -0.2) is 0 Å². The van der Waals surface area contributed by atoms with Crippen LogP contribution in [-0.4, -0.2) is 30.5 Å². The van der Waals surface area contributed by atoms with Gasteiger partial charge in [-0.2, -0.15) is 0 Å². The minimum Gasteiger partial charge on any atom is -0.465 e. The molecule has 1 atom stereocenters. The van der Waals surface area contributed by atoms with Crippen molar-refractivity contribution in [2.45, 2.75) is 27.2 Å². The third-order valence-electron chi connectivity index (χ3n) is 2.04. The maximum atomic E-state index is 11.6. The molecule has 0 aliphatic carbocycles. The van der Waals surface area contributed by atoms with E-state index in [0.717, 1.165) is 5.33 Å². The van der Waals surface area contributed by atoms with Crippen LogP contribution in [0.25, 0.3) is 0 Å². The van der Waals surface area contributed by atoms with Crippen LogP contribution in [0.3, 0.4) is 0 Å². The Hall–Kier alpha value is -0.580. The highest BCUT2D eigenvalue weighted by Gasteiger charge is 2.30. The van der Waals surface area contributed by atoms with Gasteiger partial charge in [-0.1, -0.05) is 22.9 Å². The zero-order valence-electron chi connectivity index (χ0n) is 9.99. The van der Waals surface area contributed by atoms with Gasteiger partial charge in [-0.3, -0.25) is 9.59 Å². The first-order valence-electron chi connectivity index (χ1n) is 5.45. The number of carbonyl (C=O) groups excluding carboxylic acids is 2. The number of carbonyl (C=O) groups is 2. The lowest BCUT2D eigenvalue weighted by Gasteiger charge is -2.16. The predicted molar refractivity (Wildman–Crippen MR) is 64.3 cm³/mol. The van der Waals surface area contributed by atoms with Crippen LogP contribution in [0, 0.1) is 11.8 Å². The van der Waals surface area contributed by atoms with E-state index in [1.165, 1.54) is 0 Å². The molecule has 4 nitrogen and oxygen atoms in total. The number of rotatable bonds is 7. The largest absolute Gasteiger partial charge is 0.465 e. The molecule has 1 unspecified atom stereocenters. The molecule has 0 aromatic heterocycles. The average molecular weight is 295 g/mol. The summed E-state index contributed by atoms with van der Waals surface area (Å²) in [6.07, 6.45) is 0.447. The molecular weight excluding hydrogens is 276 g/mol. The zero-order chi connectivity index (χ0) is 12.6. The second-order valence-corrected chi connectivity index (χ2v) is 4.20. The Morgan fingerprint density at radius 1 is 1.12 bits per heavy atom. The van der Waals surface area contributed by atoms with E-state index < -0.39 is 17.9 Å². The van der Waals surface area contributed by atoms with E-state index in [9.17, 15) is 9.59 Å². The molecule has 0 aliphatic heterocycles. The fourth-order valence-electron chi connectivity index (χ4n) is 1.24. The quantitative estimate of drug-likeness (QED) is 0.410. The van der Waals surface area contributed by atoms with Gasteiger partial charge < -0.3 is 9.47 Å². The minimum absolute atomic E-state index is 0.221. The van der Waals surface area contributed by atoms with Crippen LogP contribution in [0.4, 0.5) is 0 Å². The van der Waals surface area contributed by atoms with Crippen molar-refractivity contribution in [2.24, 2.45) is 11.8 Å². The van der Waals surface area contributed by atoms with Crippen LogP contribution in [0.5, 0.6) is 0 Å². The third-order valence-corrected chi connectivity index (χ3v) is 3.15. The SMILES string of the molecule is CCOC(=O)C(CC(C)CBr)C(=O)OCC. The van der Waals surface area contributed by atoms with Crippen LogP contribution in [-0.2, 0) is 19.1 Å². The Morgan fingerprint density at radius 2 is 1.56 bits per heavy atom. The van der Waals surface area contributed by atoms with Gasteiger partial charge in [0.2, 0.25) is 0 Å². The molecule has 0 rings (SSSR count). The molecule has 0 saturated carbocycles. The topological polar surface area (TPSA) is 52.6 Å². The van der Waals surface area contributed by atoms with Crippen molar-refractivity contribution in [3.8, 4) is 0 Å². The molecule has 0 aromatic carbocycles. The van der Waals surface area contributed by atoms with Crippen molar-refractivity contribution in [2.75, 3.05) is 18.5 Å². The van der Waals surface area contributed by atoms with Gasteiger partial charge in [-0.15, -0.1) is 0 Å². The van der Waals surface area contributed by atoms with Crippen molar-refractivity contribution in [1.82, 2.24) is 0 Å². The first-order valence-corrected chi connectivity index (χ1v) is 6.58. The Morgan fingerprint density at radius 3 is 1.88 bits per heavy atom. The lowest BCUT2D eigenvalue weighted by atomic mass is 9.97. The summed E-state index contributed by atoms with van der Waals surface area (Å²) in [4.78, 5) is 23.1. The predicted octanol–water partition coefficient (Wildman–Crippen LogP) is 2.15. The summed E-state index contributed by atoms with van der Waals surface area (Å²) in [7, 11) is 0. The van der Waals surface area contributed by atoms with Crippen LogP contribution < -0.4 is 0 Å². The number of ether oxygens (including phenoxy) is 2. The van der Waals surface area contributed by atoms with Crippen molar-refractivity contribution >= 4 is 27.9 Å². The lowest BCUT2D eigenvalue weighted by molar-refractivity contribution is -0.162. The molecule has 0 bridgehead atoms. The lowest BCUT2D eigenvalue weighted by Crippen LogP contribution is -2.30. The first-order chi connectivity index (χ1) is 7.56. The number of hydrogen-bond donors (Lipinski definition) is 0. The summed E-state index contributed by atoms with van der Waals surface area (Å²) in [6, 6.07) is 0. The van der Waals surface area contributed by atoms with Crippen LogP contribution in [0.1, 0.15) is 27.2 Å². The second kappa shape index (κ2) is 8.56. The Labute approximate surface area is 105 Å². The van der Waals surface area contributed by atoms with E-state index in [1.807, 2.05) is 6.92 Å². The van der Waals surface area contributed by atoms with E-state index in [-0.39, 0.29) is 19.1 Å². The molecule has 94 valence electrons. The van der Waals surface area contributed by atoms with Gasteiger partial charge in [0, 0.05) is 5.33 Å². The molecule has 16 heavy (non-hydrogen) atoms. The molecule has 0 aliphatic rings. The van der Waals surface area contributed by atoms with Gasteiger partial charge in [0.05, 0.1) is 13.2 Å². The number of hydrogen-bond acceptors (Lipinski definition) is 4. The fraction of sp³-hybridized carbons (Fsp3) is 0.818. The van der Waals surface area contributed by atoms with E-state index in [0.29, 0.717) is 6.42 Å². The molecule has 5 heteroatoms. The summed E-state index contributed by atoms with van der Waals surface area (Å²) < 4.78 is 9.72. The molecule has 0 radical (unpaired) electrons. The minimum atomic E-state index is -0.799. The molecule has 0 saturated heterocycles. The van der Waals surface area contributed by atoms with Gasteiger partial charge >= 0.3 is 11.9 Å². The molecule has 0 aromatic rings. The van der Waals surface area contributed by atoms with E-state index >= 15 is 0 Å². The van der Waals surface area contributed by atoms with Crippen LogP contribution in [0.2, 0.25) is 0 Å². The molecule has 0 heterocycles. The summed E-state index contributed by atoms with van der Waals surface area (Å²) in [5.74, 6) is -1.56. The number of alkyl halides is 1. The fourth-order valence-corrected chi connectivity index (χ4v) is 1.50. The van der Waals surface area contributed by atoms with Crippen molar-refractivity contribution in [3.63, 3.8) is 0 Å². The number of halogens is 1. The van der Waals surface area contributed by atoms with Gasteiger partial charge in [-0.05, 0) is 26.2 Å². The average Bonchev–Trinajstić information content (AvgIpc) is 2.25. The Balaban J connectivity index is 4.49. The van der Waals surface area contributed by atoms with Gasteiger partial charge in [0.15, 0.2) is 5.92 Å². The smallest absolute Gasteiger partial charge is 0.320 e. The number of esters is 2. The van der Waals surface area contributed by atoms with Crippen molar-refractivity contribution in [1.29, 1.82) is 0 Å². The first kappa shape index (κ1) is 15.4. The molecule has 0 spiro atoms. The van der Waals surface area contributed by atoms with Crippen molar-refractivity contribution in [3.05, 3.63) is 0 Å². The van der Waals surface area contributed by atoms with Crippen LogP contribution in [0.15, 0.2) is 0 Å².